The van der Waals surface area contributed by atoms with Crippen molar-refractivity contribution in [2.45, 2.75) is 44.9 Å². The van der Waals surface area contributed by atoms with Crippen molar-refractivity contribution in [2.75, 3.05) is 45.8 Å². The zero-order valence-electron chi connectivity index (χ0n) is 14.9. The van der Waals surface area contributed by atoms with Crippen LogP contribution in [0.15, 0.2) is 0 Å². The molecular formula is C15H29ClN4O4S. The summed E-state index contributed by atoms with van der Waals surface area (Å²) in [5, 5.41) is 3.06. The van der Waals surface area contributed by atoms with Crippen LogP contribution in [0.2, 0.25) is 0 Å². The van der Waals surface area contributed by atoms with Crippen LogP contribution in [0.25, 0.3) is 0 Å². The molecule has 0 radical (unpaired) electrons. The summed E-state index contributed by atoms with van der Waals surface area (Å²) >= 11 is 0. The first-order valence-electron chi connectivity index (χ1n) is 8.79. The average molecular weight is 397 g/mol. The summed E-state index contributed by atoms with van der Waals surface area (Å²) in [6.45, 7) is 7.28. The van der Waals surface area contributed by atoms with Gasteiger partial charge in [0.2, 0.25) is 5.91 Å². The van der Waals surface area contributed by atoms with Gasteiger partial charge in [-0.2, -0.15) is 17.0 Å². The minimum absolute atomic E-state index is 0. The molecule has 25 heavy (non-hydrogen) atoms. The maximum absolute atomic E-state index is 13.0. The van der Waals surface area contributed by atoms with Crippen molar-refractivity contribution in [2.24, 2.45) is 0 Å². The number of piperazine rings is 1. The number of amides is 1. The Bertz CT molecular complexity index is 566. The Morgan fingerprint density at radius 3 is 2.40 bits per heavy atom. The largest absolute Gasteiger partial charge is 0.373 e. The van der Waals surface area contributed by atoms with Gasteiger partial charge in [0.1, 0.15) is 0 Å². The van der Waals surface area contributed by atoms with E-state index < -0.39 is 10.2 Å². The van der Waals surface area contributed by atoms with Gasteiger partial charge in [0.15, 0.2) is 0 Å². The third-order valence-corrected chi connectivity index (χ3v) is 6.90. The summed E-state index contributed by atoms with van der Waals surface area (Å²) in [5.41, 5.74) is 0. The molecule has 0 aliphatic carbocycles. The van der Waals surface area contributed by atoms with Crippen LogP contribution < -0.4 is 5.32 Å². The number of rotatable bonds is 3. The molecular weight excluding hydrogens is 368 g/mol. The predicted molar refractivity (Wildman–Crippen MR) is 96.9 cm³/mol. The van der Waals surface area contributed by atoms with Gasteiger partial charge in [-0.05, 0) is 26.7 Å². The molecule has 3 aliphatic heterocycles. The van der Waals surface area contributed by atoms with Crippen LogP contribution in [0.1, 0.15) is 26.7 Å². The summed E-state index contributed by atoms with van der Waals surface area (Å²) in [6.07, 6.45) is 1.46. The smallest absolute Gasteiger partial charge is 0.282 e. The van der Waals surface area contributed by atoms with Gasteiger partial charge >= 0.3 is 0 Å². The molecule has 0 aromatic carbocycles. The maximum atomic E-state index is 13.0. The minimum Gasteiger partial charge on any atom is -0.373 e. The molecule has 3 saturated heterocycles. The molecule has 3 unspecified atom stereocenters. The van der Waals surface area contributed by atoms with Crippen LogP contribution in [-0.2, 0) is 19.7 Å². The number of halogens is 1. The fourth-order valence-corrected chi connectivity index (χ4v) is 5.72. The number of morpholine rings is 1. The Balaban J connectivity index is 0.00000225. The molecule has 0 saturated carbocycles. The van der Waals surface area contributed by atoms with Crippen molar-refractivity contribution in [3.8, 4) is 0 Å². The van der Waals surface area contributed by atoms with E-state index in [9.17, 15) is 13.2 Å². The molecule has 1 amide bonds. The maximum Gasteiger partial charge on any atom is 0.282 e. The summed E-state index contributed by atoms with van der Waals surface area (Å²) in [6, 6.07) is -0.0148. The van der Waals surface area contributed by atoms with Crippen LogP contribution in [0, 0.1) is 0 Å². The Labute approximate surface area is 156 Å². The second-order valence-electron chi connectivity index (χ2n) is 7.00. The van der Waals surface area contributed by atoms with Gasteiger partial charge in [-0.25, -0.2) is 0 Å². The number of nitrogens with one attached hydrogen (secondary N) is 1. The van der Waals surface area contributed by atoms with E-state index in [1.165, 1.54) is 4.31 Å². The summed E-state index contributed by atoms with van der Waals surface area (Å²) in [5.74, 6) is 0.0686. The Morgan fingerprint density at radius 1 is 1.08 bits per heavy atom. The summed E-state index contributed by atoms with van der Waals surface area (Å²) in [4.78, 5) is 14.0. The summed E-state index contributed by atoms with van der Waals surface area (Å²) in [7, 11) is -3.51. The van der Waals surface area contributed by atoms with E-state index in [2.05, 4.69) is 5.32 Å². The van der Waals surface area contributed by atoms with Gasteiger partial charge in [0.25, 0.3) is 10.2 Å². The first kappa shape index (κ1) is 20.9. The number of carbonyl (C=O) groups is 1. The van der Waals surface area contributed by atoms with Gasteiger partial charge < -0.3 is 15.0 Å². The van der Waals surface area contributed by atoms with Gasteiger partial charge in [-0.15, -0.1) is 12.4 Å². The van der Waals surface area contributed by atoms with E-state index in [0.717, 1.165) is 19.4 Å². The van der Waals surface area contributed by atoms with Gasteiger partial charge in [0, 0.05) is 45.3 Å². The normalized spacial score (nSPS) is 33.1. The van der Waals surface area contributed by atoms with Crippen molar-refractivity contribution < 1.29 is 17.9 Å². The molecule has 3 atom stereocenters. The Morgan fingerprint density at radius 2 is 1.76 bits per heavy atom. The van der Waals surface area contributed by atoms with E-state index in [1.54, 1.807) is 4.31 Å². The fourth-order valence-electron chi connectivity index (χ4n) is 3.87. The molecule has 8 nitrogen and oxygen atoms in total. The van der Waals surface area contributed by atoms with E-state index in [0.29, 0.717) is 39.3 Å². The topological polar surface area (TPSA) is 82.2 Å². The molecule has 1 N–H and O–H groups in total. The van der Waals surface area contributed by atoms with Crippen LogP contribution in [-0.4, -0.2) is 91.9 Å². The van der Waals surface area contributed by atoms with Crippen molar-refractivity contribution in [1.82, 2.24) is 18.8 Å². The number of carbonyl (C=O) groups excluding carboxylic acids is 1. The molecule has 0 spiro atoms. The SMILES string of the molecule is CC1CN(S(=O)(=O)N2CCCC(N3CCNCC3=O)C2)CC(C)O1.Cl. The quantitative estimate of drug-likeness (QED) is 0.705. The number of nitrogens with zero attached hydrogens (tertiary/aromatic N) is 3. The number of piperidine rings is 1. The average Bonchev–Trinajstić information content (AvgIpc) is 2.54. The van der Waals surface area contributed by atoms with Gasteiger partial charge in [-0.3, -0.25) is 4.79 Å². The molecule has 0 aromatic rings. The first-order chi connectivity index (χ1) is 11.4. The second-order valence-corrected chi connectivity index (χ2v) is 8.93. The fraction of sp³-hybridized carbons (Fsp3) is 0.933. The minimum atomic E-state index is -3.51. The molecule has 10 heteroatoms. The van der Waals surface area contributed by atoms with Crippen LogP contribution in [0.5, 0.6) is 0 Å². The molecule has 3 rings (SSSR count). The number of ether oxygens (including phenoxy) is 1. The molecule has 146 valence electrons. The van der Waals surface area contributed by atoms with Crippen LogP contribution in [0.3, 0.4) is 0 Å². The number of hydrogen-bond acceptors (Lipinski definition) is 5. The third-order valence-electron chi connectivity index (χ3n) is 4.96. The molecule has 3 aliphatic rings. The zero-order valence-corrected chi connectivity index (χ0v) is 16.5. The van der Waals surface area contributed by atoms with Gasteiger partial charge in [0.05, 0.1) is 18.8 Å². The molecule has 3 fully saturated rings. The monoisotopic (exact) mass is 396 g/mol. The Hall–Kier alpha value is -0.450. The lowest BCUT2D eigenvalue weighted by Crippen LogP contribution is -2.60. The highest BCUT2D eigenvalue weighted by Gasteiger charge is 2.39. The van der Waals surface area contributed by atoms with Crippen molar-refractivity contribution in [3.05, 3.63) is 0 Å². The van der Waals surface area contributed by atoms with E-state index >= 15 is 0 Å². The van der Waals surface area contributed by atoms with Crippen molar-refractivity contribution in [1.29, 1.82) is 0 Å². The lowest BCUT2D eigenvalue weighted by molar-refractivity contribution is -0.135. The Kier molecular flexibility index (Phi) is 7.09. The summed E-state index contributed by atoms with van der Waals surface area (Å²) < 4.78 is 34.8. The molecule has 0 aromatic heterocycles. The number of hydrogen-bond donors (Lipinski definition) is 1. The third kappa shape index (κ3) is 4.64. The van der Waals surface area contributed by atoms with Crippen LogP contribution in [0.4, 0.5) is 0 Å². The highest BCUT2D eigenvalue weighted by Crippen LogP contribution is 2.23. The van der Waals surface area contributed by atoms with E-state index in [-0.39, 0.29) is 36.6 Å². The standard InChI is InChI=1S/C15H28N4O4S.ClH/c1-12-9-18(10-13(2)23-12)24(21,22)17-6-3-4-14(11-17)19-7-5-16-8-15(19)20;/h12-14,16H,3-11H2,1-2H3;1H. The first-order valence-corrected chi connectivity index (χ1v) is 10.2. The van der Waals surface area contributed by atoms with Gasteiger partial charge in [-0.1, -0.05) is 0 Å². The van der Waals surface area contributed by atoms with Crippen LogP contribution >= 0.6 is 12.4 Å². The lowest BCUT2D eigenvalue weighted by atomic mass is 10.1. The van der Waals surface area contributed by atoms with Crippen molar-refractivity contribution in [3.63, 3.8) is 0 Å². The van der Waals surface area contributed by atoms with Crippen molar-refractivity contribution >= 4 is 28.5 Å². The highest BCUT2D eigenvalue weighted by atomic mass is 35.5. The lowest BCUT2D eigenvalue weighted by Gasteiger charge is -2.43. The molecule has 3 heterocycles. The highest BCUT2D eigenvalue weighted by molar-refractivity contribution is 7.86. The second kappa shape index (κ2) is 8.49. The predicted octanol–water partition coefficient (Wildman–Crippen LogP) is -0.342. The molecule has 0 bridgehead atoms. The van der Waals surface area contributed by atoms with E-state index in [1.807, 2.05) is 18.7 Å². The zero-order chi connectivity index (χ0) is 17.3. The van der Waals surface area contributed by atoms with E-state index in [4.69, 9.17) is 4.74 Å².